The molecule has 1 aromatic carbocycles. The number of nitrogens with one attached hydrogen (secondary N) is 1. The predicted octanol–water partition coefficient (Wildman–Crippen LogP) is 3.15. The Morgan fingerprint density at radius 1 is 1.40 bits per heavy atom. The number of carboxylic acid groups (broad SMARTS) is 1. The standard InChI is InChI=1S/C12H9ClN2O5/c13-9-5-7(15(18)19)1-3-10(9)14-6-8-2-4-11(20-8)12(16)17/h1-5,14H,6H2,(H,16,17). The minimum Gasteiger partial charge on any atom is -0.475 e. The smallest absolute Gasteiger partial charge is 0.371 e. The molecule has 0 aliphatic heterocycles. The average Bonchev–Trinajstić information content (AvgIpc) is 2.86. The van der Waals surface area contributed by atoms with Crippen LogP contribution in [0.3, 0.4) is 0 Å². The number of anilines is 1. The molecule has 0 aliphatic rings. The van der Waals surface area contributed by atoms with Crippen LogP contribution in [0.4, 0.5) is 11.4 Å². The maximum absolute atomic E-state index is 10.6. The van der Waals surface area contributed by atoms with Crippen molar-refractivity contribution < 1.29 is 19.2 Å². The van der Waals surface area contributed by atoms with Gasteiger partial charge in [-0.3, -0.25) is 10.1 Å². The molecule has 1 heterocycles. The molecule has 0 unspecified atom stereocenters. The molecule has 20 heavy (non-hydrogen) atoms. The third kappa shape index (κ3) is 3.07. The van der Waals surface area contributed by atoms with Gasteiger partial charge in [-0.15, -0.1) is 0 Å². The van der Waals surface area contributed by atoms with Crippen molar-refractivity contribution in [1.29, 1.82) is 0 Å². The molecule has 0 amide bonds. The number of nitrogens with zero attached hydrogens (tertiary/aromatic N) is 1. The van der Waals surface area contributed by atoms with Gasteiger partial charge in [0.2, 0.25) is 5.76 Å². The average molecular weight is 297 g/mol. The Kier molecular flexibility index (Phi) is 3.90. The van der Waals surface area contributed by atoms with Gasteiger partial charge < -0.3 is 14.8 Å². The molecule has 2 rings (SSSR count). The van der Waals surface area contributed by atoms with Gasteiger partial charge in [-0.1, -0.05) is 11.6 Å². The summed E-state index contributed by atoms with van der Waals surface area (Å²) in [4.78, 5) is 20.7. The summed E-state index contributed by atoms with van der Waals surface area (Å²) in [5.74, 6) is -0.891. The van der Waals surface area contributed by atoms with E-state index in [1.807, 2.05) is 0 Å². The lowest BCUT2D eigenvalue weighted by atomic mass is 10.3. The van der Waals surface area contributed by atoms with Crippen molar-refractivity contribution in [3.05, 3.63) is 57.0 Å². The van der Waals surface area contributed by atoms with E-state index in [1.165, 1.54) is 30.3 Å². The van der Waals surface area contributed by atoms with E-state index in [0.29, 0.717) is 11.4 Å². The topological polar surface area (TPSA) is 106 Å². The molecule has 0 aliphatic carbocycles. The Hall–Kier alpha value is -2.54. The summed E-state index contributed by atoms with van der Waals surface area (Å²) in [7, 11) is 0. The number of hydrogen-bond donors (Lipinski definition) is 2. The van der Waals surface area contributed by atoms with E-state index < -0.39 is 10.9 Å². The van der Waals surface area contributed by atoms with Crippen LogP contribution in [0.1, 0.15) is 16.3 Å². The molecule has 0 bridgehead atoms. The zero-order chi connectivity index (χ0) is 14.7. The first kappa shape index (κ1) is 13.9. The number of carboxylic acids is 1. The fourth-order valence-electron chi connectivity index (χ4n) is 1.53. The van der Waals surface area contributed by atoms with E-state index in [1.54, 1.807) is 0 Å². The van der Waals surface area contributed by atoms with Crippen molar-refractivity contribution >= 4 is 28.9 Å². The summed E-state index contributed by atoms with van der Waals surface area (Å²) in [5, 5.41) is 22.4. The van der Waals surface area contributed by atoms with Crippen LogP contribution in [0.15, 0.2) is 34.7 Å². The SMILES string of the molecule is O=C(O)c1ccc(CNc2ccc([N+](=O)[O-])cc2Cl)o1. The molecule has 0 saturated carbocycles. The van der Waals surface area contributed by atoms with Gasteiger partial charge in [0.05, 0.1) is 22.2 Å². The van der Waals surface area contributed by atoms with E-state index >= 15 is 0 Å². The lowest BCUT2D eigenvalue weighted by molar-refractivity contribution is -0.384. The highest BCUT2D eigenvalue weighted by atomic mass is 35.5. The minimum atomic E-state index is -1.15. The summed E-state index contributed by atoms with van der Waals surface area (Å²) in [6, 6.07) is 6.89. The van der Waals surface area contributed by atoms with Crippen molar-refractivity contribution in [3.8, 4) is 0 Å². The fourth-order valence-corrected chi connectivity index (χ4v) is 1.77. The van der Waals surface area contributed by atoms with E-state index in [0.717, 1.165) is 0 Å². The highest BCUT2D eigenvalue weighted by Crippen LogP contribution is 2.27. The maximum Gasteiger partial charge on any atom is 0.371 e. The van der Waals surface area contributed by atoms with Gasteiger partial charge in [0.25, 0.3) is 5.69 Å². The third-order valence-corrected chi connectivity index (χ3v) is 2.80. The molecule has 7 nitrogen and oxygen atoms in total. The van der Waals surface area contributed by atoms with Crippen molar-refractivity contribution in [2.24, 2.45) is 0 Å². The fraction of sp³-hybridized carbons (Fsp3) is 0.0833. The molecule has 0 atom stereocenters. The van der Waals surface area contributed by atoms with Crippen molar-refractivity contribution in [1.82, 2.24) is 0 Å². The molecule has 0 fully saturated rings. The molecule has 8 heteroatoms. The van der Waals surface area contributed by atoms with Gasteiger partial charge in [-0.05, 0) is 18.2 Å². The predicted molar refractivity (Wildman–Crippen MR) is 71.1 cm³/mol. The van der Waals surface area contributed by atoms with Crippen molar-refractivity contribution in [2.75, 3.05) is 5.32 Å². The molecule has 0 spiro atoms. The minimum absolute atomic E-state index is 0.105. The summed E-state index contributed by atoms with van der Waals surface area (Å²) in [5.41, 5.74) is 0.386. The van der Waals surface area contributed by atoms with Crippen LogP contribution in [-0.2, 0) is 6.54 Å². The molecule has 0 radical (unpaired) electrons. The van der Waals surface area contributed by atoms with Crippen LogP contribution >= 0.6 is 11.6 Å². The Morgan fingerprint density at radius 3 is 2.70 bits per heavy atom. The third-order valence-electron chi connectivity index (χ3n) is 2.49. The number of nitro groups is 1. The molecule has 0 saturated heterocycles. The lowest BCUT2D eigenvalue weighted by Gasteiger charge is -2.06. The van der Waals surface area contributed by atoms with Gasteiger partial charge in [0, 0.05) is 12.1 Å². The van der Waals surface area contributed by atoms with Gasteiger partial charge >= 0.3 is 5.97 Å². The second kappa shape index (κ2) is 5.62. The highest BCUT2D eigenvalue weighted by Gasteiger charge is 2.11. The number of carbonyl (C=O) groups is 1. The van der Waals surface area contributed by atoms with E-state index in [4.69, 9.17) is 21.1 Å². The quantitative estimate of drug-likeness (QED) is 0.648. The Morgan fingerprint density at radius 2 is 2.15 bits per heavy atom. The molecule has 104 valence electrons. The van der Waals surface area contributed by atoms with Crippen molar-refractivity contribution in [3.63, 3.8) is 0 Å². The van der Waals surface area contributed by atoms with Gasteiger partial charge in [-0.25, -0.2) is 4.79 Å². The second-order valence-corrected chi connectivity index (χ2v) is 4.25. The molecule has 1 aromatic heterocycles. The lowest BCUT2D eigenvalue weighted by Crippen LogP contribution is -1.99. The summed E-state index contributed by atoms with van der Waals surface area (Å²) in [6.07, 6.45) is 0. The normalized spacial score (nSPS) is 10.2. The van der Waals surface area contributed by atoms with Crippen LogP contribution in [0, 0.1) is 10.1 Å². The number of halogens is 1. The summed E-state index contributed by atoms with van der Waals surface area (Å²) >= 11 is 5.90. The number of aromatic carboxylic acids is 1. The van der Waals surface area contributed by atoms with Crippen LogP contribution in [0.2, 0.25) is 5.02 Å². The Bertz CT molecular complexity index is 668. The number of hydrogen-bond acceptors (Lipinski definition) is 5. The van der Waals surface area contributed by atoms with Crippen LogP contribution in [-0.4, -0.2) is 16.0 Å². The zero-order valence-electron chi connectivity index (χ0n) is 10.00. The van der Waals surface area contributed by atoms with E-state index in [9.17, 15) is 14.9 Å². The summed E-state index contributed by atoms with van der Waals surface area (Å²) in [6.45, 7) is 0.213. The number of nitro benzene ring substituents is 1. The largest absolute Gasteiger partial charge is 0.475 e. The Balaban J connectivity index is 2.06. The second-order valence-electron chi connectivity index (χ2n) is 3.85. The zero-order valence-corrected chi connectivity index (χ0v) is 10.8. The first-order chi connectivity index (χ1) is 9.47. The summed E-state index contributed by atoms with van der Waals surface area (Å²) < 4.78 is 5.06. The first-order valence-electron chi connectivity index (χ1n) is 5.47. The van der Waals surface area contributed by atoms with Gasteiger partial charge in [0.1, 0.15) is 5.76 Å². The van der Waals surface area contributed by atoms with Gasteiger partial charge in [0.15, 0.2) is 0 Å². The van der Waals surface area contributed by atoms with Crippen LogP contribution in [0.25, 0.3) is 0 Å². The number of rotatable bonds is 5. The monoisotopic (exact) mass is 296 g/mol. The molecular formula is C12H9ClN2O5. The van der Waals surface area contributed by atoms with Crippen LogP contribution in [0.5, 0.6) is 0 Å². The van der Waals surface area contributed by atoms with E-state index in [-0.39, 0.29) is 23.0 Å². The number of non-ortho nitro benzene ring substituents is 1. The van der Waals surface area contributed by atoms with E-state index in [2.05, 4.69) is 5.32 Å². The van der Waals surface area contributed by atoms with Gasteiger partial charge in [-0.2, -0.15) is 0 Å². The molecule has 2 aromatic rings. The van der Waals surface area contributed by atoms with Crippen molar-refractivity contribution in [2.45, 2.75) is 6.54 Å². The van der Waals surface area contributed by atoms with Crippen LogP contribution < -0.4 is 5.32 Å². The number of benzene rings is 1. The Labute approximate surface area is 117 Å². The highest BCUT2D eigenvalue weighted by molar-refractivity contribution is 6.33. The number of furan rings is 1. The molecule has 2 N–H and O–H groups in total. The molecular weight excluding hydrogens is 288 g/mol. The first-order valence-corrected chi connectivity index (χ1v) is 5.85. The maximum atomic E-state index is 10.6.